The average molecular weight is 258 g/mol. The van der Waals surface area contributed by atoms with Crippen molar-refractivity contribution in [2.45, 2.75) is 6.92 Å². The van der Waals surface area contributed by atoms with Gasteiger partial charge in [-0.2, -0.15) is 0 Å². The lowest BCUT2D eigenvalue weighted by molar-refractivity contribution is 0.101. The molecular formula is C11H9Cl2NO2. The topological polar surface area (TPSA) is 42.2 Å². The number of aromatic hydroxyl groups is 1. The van der Waals surface area contributed by atoms with E-state index in [0.29, 0.717) is 20.9 Å². The molecule has 2 aromatic rings. The van der Waals surface area contributed by atoms with Crippen LogP contribution in [0.1, 0.15) is 17.3 Å². The van der Waals surface area contributed by atoms with E-state index in [-0.39, 0.29) is 17.2 Å². The van der Waals surface area contributed by atoms with E-state index in [1.165, 1.54) is 11.5 Å². The van der Waals surface area contributed by atoms with Crippen LogP contribution in [0.25, 0.3) is 10.9 Å². The van der Waals surface area contributed by atoms with Gasteiger partial charge in [0.25, 0.3) is 0 Å². The third-order valence-corrected chi connectivity index (χ3v) is 3.28. The van der Waals surface area contributed by atoms with Gasteiger partial charge >= 0.3 is 0 Å². The van der Waals surface area contributed by atoms with E-state index >= 15 is 0 Å². The van der Waals surface area contributed by atoms with Crippen molar-refractivity contribution in [2.75, 3.05) is 0 Å². The predicted molar refractivity (Wildman–Crippen MR) is 64.6 cm³/mol. The van der Waals surface area contributed by atoms with Crippen molar-refractivity contribution in [2.24, 2.45) is 7.05 Å². The molecule has 2 rings (SSSR count). The van der Waals surface area contributed by atoms with Gasteiger partial charge in [-0.05, 0) is 19.1 Å². The van der Waals surface area contributed by atoms with Crippen LogP contribution in [0.5, 0.6) is 5.88 Å². The summed E-state index contributed by atoms with van der Waals surface area (Å²) in [5.41, 5.74) is 0.952. The van der Waals surface area contributed by atoms with Crippen LogP contribution in [0.2, 0.25) is 10.0 Å². The number of Topliss-reactive ketones (excluding diaryl/α,β-unsaturated/α-hetero) is 1. The lowest BCUT2D eigenvalue weighted by Gasteiger charge is -1.99. The second-order valence-electron chi connectivity index (χ2n) is 3.60. The number of benzene rings is 1. The van der Waals surface area contributed by atoms with Crippen LogP contribution in [-0.2, 0) is 7.05 Å². The Bertz CT molecular complexity index is 602. The van der Waals surface area contributed by atoms with Crippen molar-refractivity contribution < 1.29 is 9.90 Å². The Morgan fingerprint density at radius 1 is 1.31 bits per heavy atom. The number of hydrogen-bond acceptors (Lipinski definition) is 2. The lowest BCUT2D eigenvalue weighted by atomic mass is 10.1. The molecule has 0 fully saturated rings. The number of halogens is 2. The summed E-state index contributed by atoms with van der Waals surface area (Å²) in [6.45, 7) is 1.40. The highest BCUT2D eigenvalue weighted by molar-refractivity contribution is 6.43. The van der Waals surface area contributed by atoms with Crippen LogP contribution in [0.15, 0.2) is 12.1 Å². The van der Waals surface area contributed by atoms with Gasteiger partial charge in [0.1, 0.15) is 0 Å². The molecule has 0 aliphatic carbocycles. The van der Waals surface area contributed by atoms with Crippen molar-refractivity contribution in [1.29, 1.82) is 0 Å². The minimum absolute atomic E-state index is 0.0687. The Morgan fingerprint density at radius 3 is 2.44 bits per heavy atom. The highest BCUT2D eigenvalue weighted by Gasteiger charge is 2.19. The standard InChI is InChI=1S/C11H9Cl2NO2/c1-5(15)10-6-3-7(12)8(13)4-9(6)14(2)11(10)16/h3-4,16H,1-2H3. The average Bonchev–Trinajstić information content (AvgIpc) is 2.42. The predicted octanol–water partition coefficient (Wildman–Crippen LogP) is 3.39. The molecule has 0 spiro atoms. The van der Waals surface area contributed by atoms with Gasteiger partial charge in [0.15, 0.2) is 5.78 Å². The van der Waals surface area contributed by atoms with E-state index in [2.05, 4.69) is 0 Å². The van der Waals surface area contributed by atoms with Gasteiger partial charge in [-0.15, -0.1) is 0 Å². The van der Waals surface area contributed by atoms with Crippen LogP contribution >= 0.6 is 23.2 Å². The third-order valence-electron chi connectivity index (χ3n) is 2.56. The van der Waals surface area contributed by atoms with Gasteiger partial charge in [-0.25, -0.2) is 0 Å². The molecule has 0 atom stereocenters. The number of carbonyl (C=O) groups is 1. The van der Waals surface area contributed by atoms with Gasteiger partial charge in [0.2, 0.25) is 5.88 Å². The van der Waals surface area contributed by atoms with Crippen molar-refractivity contribution in [3.05, 3.63) is 27.7 Å². The Morgan fingerprint density at radius 2 is 1.88 bits per heavy atom. The molecule has 0 saturated heterocycles. The highest BCUT2D eigenvalue weighted by Crippen LogP contribution is 2.35. The normalized spacial score (nSPS) is 11.0. The maximum absolute atomic E-state index is 11.4. The van der Waals surface area contributed by atoms with Crippen molar-refractivity contribution >= 4 is 39.9 Å². The second-order valence-corrected chi connectivity index (χ2v) is 4.41. The molecule has 1 aromatic carbocycles. The van der Waals surface area contributed by atoms with E-state index in [1.54, 1.807) is 19.2 Å². The summed E-state index contributed by atoms with van der Waals surface area (Å²) >= 11 is 11.8. The molecular weight excluding hydrogens is 249 g/mol. The van der Waals surface area contributed by atoms with Gasteiger partial charge in [-0.3, -0.25) is 4.79 Å². The summed E-state index contributed by atoms with van der Waals surface area (Å²) in [4.78, 5) is 11.4. The molecule has 0 aliphatic rings. The van der Waals surface area contributed by atoms with E-state index in [9.17, 15) is 9.90 Å². The van der Waals surface area contributed by atoms with E-state index < -0.39 is 0 Å². The monoisotopic (exact) mass is 257 g/mol. The third kappa shape index (κ3) is 1.47. The number of aromatic nitrogens is 1. The Kier molecular flexibility index (Phi) is 2.60. The van der Waals surface area contributed by atoms with E-state index in [0.717, 1.165) is 0 Å². The molecule has 0 aliphatic heterocycles. The van der Waals surface area contributed by atoms with E-state index in [4.69, 9.17) is 23.2 Å². The fourth-order valence-corrected chi connectivity index (χ4v) is 2.08. The summed E-state index contributed by atoms with van der Waals surface area (Å²) < 4.78 is 1.51. The fraction of sp³-hybridized carbons (Fsp3) is 0.182. The molecule has 0 saturated carbocycles. The fourth-order valence-electron chi connectivity index (χ4n) is 1.76. The molecule has 3 nitrogen and oxygen atoms in total. The molecule has 0 radical (unpaired) electrons. The molecule has 1 heterocycles. The number of rotatable bonds is 1. The molecule has 1 aromatic heterocycles. The van der Waals surface area contributed by atoms with Crippen molar-refractivity contribution in [3.8, 4) is 5.88 Å². The first kappa shape index (κ1) is 11.3. The maximum Gasteiger partial charge on any atom is 0.202 e. The number of hydrogen-bond donors (Lipinski definition) is 1. The number of fused-ring (bicyclic) bond motifs is 1. The maximum atomic E-state index is 11.4. The molecule has 16 heavy (non-hydrogen) atoms. The summed E-state index contributed by atoms with van der Waals surface area (Å²) in [7, 11) is 1.66. The Labute approximate surface area is 102 Å². The molecule has 1 N–H and O–H groups in total. The summed E-state index contributed by atoms with van der Waals surface area (Å²) in [6.07, 6.45) is 0. The first-order chi connectivity index (χ1) is 7.43. The molecule has 84 valence electrons. The summed E-state index contributed by atoms with van der Waals surface area (Å²) in [5.74, 6) is -0.276. The number of carbonyl (C=O) groups excluding carboxylic acids is 1. The van der Waals surface area contributed by atoms with Gasteiger partial charge < -0.3 is 9.67 Å². The van der Waals surface area contributed by atoms with Gasteiger partial charge in [0, 0.05) is 12.4 Å². The van der Waals surface area contributed by atoms with Crippen LogP contribution < -0.4 is 0 Å². The number of nitrogens with zero attached hydrogens (tertiary/aromatic N) is 1. The smallest absolute Gasteiger partial charge is 0.202 e. The number of ketones is 1. The van der Waals surface area contributed by atoms with E-state index in [1.807, 2.05) is 0 Å². The Hall–Kier alpha value is -1.19. The summed E-state index contributed by atoms with van der Waals surface area (Å²) in [5, 5.41) is 11.2. The Balaban J connectivity index is 2.97. The minimum Gasteiger partial charge on any atom is -0.494 e. The SMILES string of the molecule is CC(=O)c1c(O)n(C)c2cc(Cl)c(Cl)cc12. The lowest BCUT2D eigenvalue weighted by Crippen LogP contribution is -1.91. The van der Waals surface area contributed by atoms with Crippen molar-refractivity contribution in [1.82, 2.24) is 4.57 Å². The van der Waals surface area contributed by atoms with Crippen LogP contribution in [0.4, 0.5) is 0 Å². The van der Waals surface area contributed by atoms with Gasteiger partial charge in [0.05, 0.1) is 21.1 Å². The zero-order valence-corrected chi connectivity index (χ0v) is 10.2. The zero-order chi connectivity index (χ0) is 12.0. The summed E-state index contributed by atoms with van der Waals surface area (Å²) in [6, 6.07) is 3.22. The first-order valence-corrected chi connectivity index (χ1v) is 5.36. The quantitative estimate of drug-likeness (QED) is 0.796. The zero-order valence-electron chi connectivity index (χ0n) is 8.71. The second kappa shape index (κ2) is 3.68. The van der Waals surface area contributed by atoms with Crippen LogP contribution in [-0.4, -0.2) is 15.5 Å². The highest BCUT2D eigenvalue weighted by atomic mass is 35.5. The van der Waals surface area contributed by atoms with Crippen LogP contribution in [0, 0.1) is 0 Å². The molecule has 5 heteroatoms. The molecule has 0 amide bonds. The van der Waals surface area contributed by atoms with Crippen LogP contribution in [0.3, 0.4) is 0 Å². The first-order valence-electron chi connectivity index (χ1n) is 4.60. The largest absolute Gasteiger partial charge is 0.494 e. The number of aryl methyl sites for hydroxylation is 1. The minimum atomic E-state index is -0.207. The van der Waals surface area contributed by atoms with Gasteiger partial charge in [-0.1, -0.05) is 23.2 Å². The molecule has 0 unspecified atom stereocenters. The van der Waals surface area contributed by atoms with Crippen molar-refractivity contribution in [3.63, 3.8) is 0 Å². The molecule has 0 bridgehead atoms.